The Balaban J connectivity index is 1.65. The molecule has 0 radical (unpaired) electrons. The number of hydrogen-bond acceptors (Lipinski definition) is 3. The molecule has 3 N–H and O–H groups in total. The van der Waals surface area contributed by atoms with E-state index in [9.17, 15) is 4.79 Å². The zero-order chi connectivity index (χ0) is 23.8. The highest BCUT2D eigenvalue weighted by atomic mass is 79.9. The van der Waals surface area contributed by atoms with Crippen molar-refractivity contribution in [2.24, 2.45) is 5.73 Å². The number of nitrogens with zero attached hydrogens (tertiary/aromatic N) is 1. The summed E-state index contributed by atoms with van der Waals surface area (Å²) in [5.74, 6) is 0.891. The van der Waals surface area contributed by atoms with E-state index in [-0.39, 0.29) is 11.9 Å². The normalized spacial score (nSPS) is 13.3. The van der Waals surface area contributed by atoms with E-state index in [1.54, 1.807) is 0 Å². The lowest BCUT2D eigenvalue weighted by molar-refractivity contribution is -0.119. The van der Waals surface area contributed by atoms with E-state index in [0.717, 1.165) is 49.0 Å². The molecule has 2 heterocycles. The Labute approximate surface area is 206 Å². The predicted octanol–water partition coefficient (Wildman–Crippen LogP) is 6.96. The average Bonchev–Trinajstić information content (AvgIpc) is 3.40. The van der Waals surface area contributed by atoms with Crippen LogP contribution in [0.5, 0.6) is 0 Å². The molecular formula is C28H26BrN3O2. The maximum Gasteiger partial charge on any atom is 0.224 e. The summed E-state index contributed by atoms with van der Waals surface area (Å²) in [4.78, 5) is 12.3. The first-order valence-corrected chi connectivity index (χ1v) is 12.1. The Morgan fingerprint density at radius 2 is 1.74 bits per heavy atom. The Morgan fingerprint density at radius 1 is 1.03 bits per heavy atom. The summed E-state index contributed by atoms with van der Waals surface area (Å²) < 4.78 is 9.34. The van der Waals surface area contributed by atoms with Gasteiger partial charge in [0.1, 0.15) is 17.2 Å². The van der Waals surface area contributed by atoms with E-state index in [0.29, 0.717) is 6.54 Å². The Morgan fingerprint density at radius 3 is 2.47 bits per heavy atom. The number of primary amides is 1. The fourth-order valence-electron chi connectivity index (χ4n) is 4.64. The van der Waals surface area contributed by atoms with Crippen molar-refractivity contribution in [3.05, 3.63) is 100 Å². The van der Waals surface area contributed by atoms with Crippen LogP contribution in [0, 0.1) is 0 Å². The minimum Gasteiger partial charge on any atom is -0.459 e. The molecule has 0 spiro atoms. The molecule has 0 fully saturated rings. The van der Waals surface area contributed by atoms with Gasteiger partial charge in [-0.2, -0.15) is 0 Å². The van der Waals surface area contributed by atoms with Crippen LogP contribution in [0.25, 0.3) is 21.9 Å². The van der Waals surface area contributed by atoms with Crippen molar-refractivity contribution in [2.75, 3.05) is 5.32 Å². The molecule has 2 aromatic heterocycles. The van der Waals surface area contributed by atoms with Gasteiger partial charge in [-0.1, -0.05) is 64.5 Å². The molecule has 0 bridgehead atoms. The first kappa shape index (κ1) is 22.3. The number of nitrogens with one attached hydrogen (secondary N) is 1. The van der Waals surface area contributed by atoms with E-state index in [1.807, 2.05) is 61.5 Å². The summed E-state index contributed by atoms with van der Waals surface area (Å²) in [6.07, 6.45) is 0. The number of para-hydroxylation sites is 2. The molecule has 5 rings (SSSR count). The fraction of sp³-hybridized carbons (Fsp3) is 0.179. The van der Waals surface area contributed by atoms with Crippen LogP contribution < -0.4 is 11.1 Å². The molecule has 34 heavy (non-hydrogen) atoms. The molecule has 0 aliphatic rings. The molecule has 3 aromatic carbocycles. The lowest BCUT2D eigenvalue weighted by Crippen LogP contribution is -2.20. The third kappa shape index (κ3) is 3.99. The van der Waals surface area contributed by atoms with Crippen molar-refractivity contribution in [3.8, 4) is 0 Å². The lowest BCUT2D eigenvalue weighted by atomic mass is 9.99. The van der Waals surface area contributed by atoms with Crippen LogP contribution in [0.4, 0.5) is 5.82 Å². The van der Waals surface area contributed by atoms with Crippen molar-refractivity contribution in [1.29, 1.82) is 0 Å². The summed E-state index contributed by atoms with van der Waals surface area (Å²) in [7, 11) is 0. The summed E-state index contributed by atoms with van der Waals surface area (Å²) in [5, 5.41) is 5.68. The molecule has 5 aromatic rings. The molecule has 0 aliphatic carbocycles. The number of anilines is 1. The van der Waals surface area contributed by atoms with Crippen molar-refractivity contribution in [2.45, 2.75) is 32.4 Å². The van der Waals surface area contributed by atoms with Crippen molar-refractivity contribution >= 4 is 49.5 Å². The lowest BCUT2D eigenvalue weighted by Gasteiger charge is -2.21. The summed E-state index contributed by atoms with van der Waals surface area (Å²) in [6, 6.07) is 26.5. The minimum absolute atomic E-state index is 0.0185. The number of halogens is 1. The predicted molar refractivity (Wildman–Crippen MR) is 141 cm³/mol. The number of rotatable bonds is 7. The first-order valence-electron chi connectivity index (χ1n) is 11.3. The number of hydrogen-bond donors (Lipinski definition) is 2. The van der Waals surface area contributed by atoms with Gasteiger partial charge in [0.05, 0.1) is 24.0 Å². The number of carbonyl (C=O) groups excluding carboxylic acids is 1. The van der Waals surface area contributed by atoms with Crippen molar-refractivity contribution in [1.82, 2.24) is 4.57 Å². The van der Waals surface area contributed by atoms with Gasteiger partial charge in [-0.15, -0.1) is 0 Å². The zero-order valence-electron chi connectivity index (χ0n) is 19.1. The largest absolute Gasteiger partial charge is 0.459 e. The number of nitrogens with two attached hydrogens (primary N) is 1. The third-order valence-electron chi connectivity index (χ3n) is 6.46. The highest BCUT2D eigenvalue weighted by Crippen LogP contribution is 2.40. The minimum atomic E-state index is -0.457. The maximum absolute atomic E-state index is 12.3. The smallest absolute Gasteiger partial charge is 0.224 e. The Hall–Kier alpha value is -3.51. The quantitative estimate of drug-likeness (QED) is 0.246. The second-order valence-electron chi connectivity index (χ2n) is 8.61. The molecular weight excluding hydrogens is 490 g/mol. The maximum atomic E-state index is 12.3. The Bertz CT molecular complexity index is 1450. The summed E-state index contributed by atoms with van der Waals surface area (Å²) in [5.41, 5.74) is 9.77. The van der Waals surface area contributed by atoms with E-state index >= 15 is 0 Å². The van der Waals surface area contributed by atoms with E-state index in [1.165, 1.54) is 0 Å². The van der Waals surface area contributed by atoms with Crippen LogP contribution in [0.1, 0.15) is 42.7 Å². The van der Waals surface area contributed by atoms with Crippen LogP contribution in [-0.4, -0.2) is 10.5 Å². The highest BCUT2D eigenvalue weighted by Gasteiger charge is 2.27. The zero-order valence-corrected chi connectivity index (χ0v) is 20.7. The van der Waals surface area contributed by atoms with E-state index in [2.05, 4.69) is 57.0 Å². The standard InChI is InChI=1S/C28H26BrN3O2/c1-17(27(30)33)26-23-8-4-5-9-24(23)32(18(2)19-11-13-21(29)14-12-19)28(26)31-16-22-15-20-7-3-6-10-25(20)34-22/h3-15,17-18,31H,16H2,1-2H3,(H2,30,33). The van der Waals surface area contributed by atoms with Gasteiger partial charge in [0.2, 0.25) is 5.91 Å². The first-order chi connectivity index (χ1) is 16.4. The van der Waals surface area contributed by atoms with Gasteiger partial charge in [-0.25, -0.2) is 0 Å². The van der Waals surface area contributed by atoms with Gasteiger partial charge in [0.25, 0.3) is 0 Å². The molecule has 0 saturated heterocycles. The van der Waals surface area contributed by atoms with Gasteiger partial charge in [0.15, 0.2) is 0 Å². The van der Waals surface area contributed by atoms with Gasteiger partial charge in [-0.3, -0.25) is 4.79 Å². The number of benzene rings is 3. The van der Waals surface area contributed by atoms with Crippen LogP contribution >= 0.6 is 15.9 Å². The van der Waals surface area contributed by atoms with Crippen LogP contribution in [-0.2, 0) is 11.3 Å². The molecule has 2 unspecified atom stereocenters. The van der Waals surface area contributed by atoms with Crippen LogP contribution in [0.3, 0.4) is 0 Å². The van der Waals surface area contributed by atoms with Crippen molar-refractivity contribution in [3.63, 3.8) is 0 Å². The number of aromatic nitrogens is 1. The second-order valence-corrected chi connectivity index (χ2v) is 9.52. The van der Waals surface area contributed by atoms with Crippen molar-refractivity contribution < 1.29 is 9.21 Å². The SMILES string of the molecule is CC(C(N)=O)c1c(NCc2cc3ccccc3o2)n(C(C)c2ccc(Br)cc2)c2ccccc12. The van der Waals surface area contributed by atoms with E-state index < -0.39 is 5.92 Å². The number of carbonyl (C=O) groups is 1. The number of fused-ring (bicyclic) bond motifs is 2. The number of furan rings is 1. The molecule has 0 aliphatic heterocycles. The summed E-state index contributed by atoms with van der Waals surface area (Å²) in [6.45, 7) is 4.52. The second kappa shape index (κ2) is 9.03. The third-order valence-corrected chi connectivity index (χ3v) is 6.98. The topological polar surface area (TPSA) is 73.2 Å². The summed E-state index contributed by atoms with van der Waals surface area (Å²) >= 11 is 3.53. The molecule has 6 heteroatoms. The molecule has 5 nitrogen and oxygen atoms in total. The average molecular weight is 516 g/mol. The highest BCUT2D eigenvalue weighted by molar-refractivity contribution is 9.10. The fourth-order valence-corrected chi connectivity index (χ4v) is 4.90. The van der Waals surface area contributed by atoms with Gasteiger partial charge in [-0.05, 0) is 49.7 Å². The molecule has 2 atom stereocenters. The molecule has 1 amide bonds. The van der Waals surface area contributed by atoms with Gasteiger partial charge >= 0.3 is 0 Å². The monoisotopic (exact) mass is 515 g/mol. The number of amides is 1. The van der Waals surface area contributed by atoms with Gasteiger partial charge in [0, 0.05) is 20.8 Å². The van der Waals surface area contributed by atoms with Gasteiger partial charge < -0.3 is 20.0 Å². The molecule has 0 saturated carbocycles. The van der Waals surface area contributed by atoms with Crippen LogP contribution in [0.2, 0.25) is 0 Å². The van der Waals surface area contributed by atoms with E-state index in [4.69, 9.17) is 10.2 Å². The molecule has 172 valence electrons. The Kier molecular flexibility index (Phi) is 5.92. The van der Waals surface area contributed by atoms with Crippen LogP contribution in [0.15, 0.2) is 87.8 Å².